The van der Waals surface area contributed by atoms with Crippen molar-refractivity contribution >= 4 is 17.9 Å². The number of carbonyl (C=O) groups is 3. The smallest absolute Gasteiger partial charge is 0.306 e. The van der Waals surface area contributed by atoms with Gasteiger partial charge in [-0.2, -0.15) is 0 Å². The Bertz CT molecular complexity index is 1930. The number of esters is 2. The number of nitrogens with zero attached hydrogens (tertiary/aromatic N) is 1. The fourth-order valence-electron chi connectivity index (χ4n) is 7.66. The van der Waals surface area contributed by atoms with Gasteiger partial charge in [0, 0.05) is 12.8 Å². The SMILES string of the molecule is CC/C=C\C/C=C\C/C=C\C/C=C\C/C=C\C/C=C\C/C=C\C/C=C\C/C=C\C/C=C\C/C=C\C/C=C\CCCCC(=O)OC(COC(=O)CCCCCCCCC/C=C\C/C=C\CCCCC)COC(OCC[N+](C)(C)C)C(=O)[O-]. The third-order valence-electron chi connectivity index (χ3n) is 12.4. The summed E-state index contributed by atoms with van der Waals surface area (Å²) in [6.45, 7) is 4.52. The molecule has 9 nitrogen and oxygen atoms in total. The molecule has 2 unspecified atom stereocenters. The molecule has 0 amide bonds. The molecule has 0 N–H and O–H groups in total. The Balaban J connectivity index is 4.32. The monoisotopic (exact) mass is 1120 g/mol. The topological polar surface area (TPSA) is 111 Å². The molecule has 0 rings (SSSR count). The molecule has 0 aromatic rings. The highest BCUT2D eigenvalue weighted by Gasteiger charge is 2.22. The van der Waals surface area contributed by atoms with Crippen LogP contribution in [-0.2, 0) is 33.3 Å². The standard InChI is InChI=1S/C72H113NO8/c1-6-8-10-12-14-16-18-20-22-24-25-26-27-28-29-30-31-32-33-34-35-36-37-38-39-40-41-42-43-44-45-47-49-51-53-55-57-59-61-63-70(75)81-68(67-80-72(71(76)77)78-65-64-73(3,4)5)66-79-69(74)62-60-58-56-54-52-50-48-46-23-21-19-17-15-13-11-9-7-2/h8,10,14-17,20-23,25-26,28-29,31-32,34-35,37-38,40-41,43-44,47,49,53,55,68,72H,6-7,9,11-13,18-19,24,27,30,33,36,39,42,45-46,48,50-52,54,56-67H2,1-5H3/b10-8-,16-14-,17-15-,22-20-,23-21-,26-25-,29-28-,32-31-,35-34-,38-37-,41-40-,44-43-,49-47-,55-53-. The quantitative estimate of drug-likeness (QED) is 0.0195. The van der Waals surface area contributed by atoms with Gasteiger partial charge in [0.15, 0.2) is 12.4 Å². The second kappa shape index (κ2) is 60.7. The number of likely N-dealkylation sites (N-methyl/N-ethyl adjacent to an activating group) is 1. The van der Waals surface area contributed by atoms with Crippen molar-refractivity contribution in [3.63, 3.8) is 0 Å². The molecule has 0 spiro atoms. The number of allylic oxidation sites excluding steroid dienone is 28. The average Bonchev–Trinajstić information content (AvgIpc) is 3.44. The number of rotatable bonds is 55. The molecule has 0 bridgehead atoms. The number of aliphatic carboxylic acids is 1. The van der Waals surface area contributed by atoms with Crippen molar-refractivity contribution in [3.8, 4) is 0 Å². The van der Waals surface area contributed by atoms with Gasteiger partial charge >= 0.3 is 11.9 Å². The van der Waals surface area contributed by atoms with Gasteiger partial charge in [-0.1, -0.05) is 229 Å². The summed E-state index contributed by atoms with van der Waals surface area (Å²) >= 11 is 0. The van der Waals surface area contributed by atoms with E-state index in [1.54, 1.807) is 0 Å². The molecule has 0 aromatic heterocycles. The lowest BCUT2D eigenvalue weighted by Crippen LogP contribution is -2.44. The highest BCUT2D eigenvalue weighted by atomic mass is 16.7. The van der Waals surface area contributed by atoms with Crippen molar-refractivity contribution in [3.05, 3.63) is 170 Å². The maximum absolute atomic E-state index is 12.9. The maximum Gasteiger partial charge on any atom is 0.306 e. The van der Waals surface area contributed by atoms with Crippen LogP contribution in [0.3, 0.4) is 0 Å². The minimum absolute atomic E-state index is 0.128. The van der Waals surface area contributed by atoms with E-state index in [9.17, 15) is 19.5 Å². The van der Waals surface area contributed by atoms with E-state index in [1.165, 1.54) is 44.9 Å². The summed E-state index contributed by atoms with van der Waals surface area (Å²) in [5.74, 6) is -2.38. The van der Waals surface area contributed by atoms with Gasteiger partial charge in [0.2, 0.25) is 0 Å². The number of carbonyl (C=O) groups excluding carboxylic acids is 3. The Morgan fingerprint density at radius 2 is 0.704 bits per heavy atom. The Morgan fingerprint density at radius 1 is 0.383 bits per heavy atom. The first kappa shape index (κ1) is 75.7. The van der Waals surface area contributed by atoms with E-state index in [0.29, 0.717) is 23.9 Å². The van der Waals surface area contributed by atoms with Crippen molar-refractivity contribution in [1.82, 2.24) is 0 Å². The number of carboxylic acids is 1. The van der Waals surface area contributed by atoms with Gasteiger partial charge in [-0.05, 0) is 135 Å². The third-order valence-corrected chi connectivity index (χ3v) is 12.4. The lowest BCUT2D eigenvalue weighted by molar-refractivity contribution is -0.870. The van der Waals surface area contributed by atoms with E-state index in [1.807, 2.05) is 21.1 Å². The fourth-order valence-corrected chi connectivity index (χ4v) is 7.66. The predicted molar refractivity (Wildman–Crippen MR) is 342 cm³/mol. The van der Waals surface area contributed by atoms with Crippen LogP contribution in [0.5, 0.6) is 0 Å². The second-order valence-electron chi connectivity index (χ2n) is 21.3. The van der Waals surface area contributed by atoms with Crippen LogP contribution >= 0.6 is 0 Å². The summed E-state index contributed by atoms with van der Waals surface area (Å²) in [6, 6.07) is 0. The molecule has 0 saturated heterocycles. The molecule has 454 valence electrons. The van der Waals surface area contributed by atoms with Crippen molar-refractivity contribution < 1.29 is 42.9 Å². The van der Waals surface area contributed by atoms with Crippen molar-refractivity contribution in [2.45, 2.75) is 219 Å². The first-order valence-electron chi connectivity index (χ1n) is 31.3. The molecule has 0 aromatic carbocycles. The first-order chi connectivity index (χ1) is 39.6. The first-order valence-corrected chi connectivity index (χ1v) is 31.3. The number of unbranched alkanes of at least 4 members (excludes halogenated alkanes) is 12. The van der Waals surface area contributed by atoms with Crippen LogP contribution in [0.15, 0.2) is 170 Å². The second-order valence-corrected chi connectivity index (χ2v) is 21.3. The summed E-state index contributed by atoms with van der Waals surface area (Å²) in [5, 5.41) is 11.8. The summed E-state index contributed by atoms with van der Waals surface area (Å²) in [7, 11) is 5.89. The minimum Gasteiger partial charge on any atom is -0.545 e. The lowest BCUT2D eigenvalue weighted by atomic mass is 10.1. The van der Waals surface area contributed by atoms with Crippen LogP contribution in [0.2, 0.25) is 0 Å². The van der Waals surface area contributed by atoms with Gasteiger partial charge < -0.3 is 33.3 Å². The maximum atomic E-state index is 12.9. The molecular weight excluding hydrogens is 1010 g/mol. The van der Waals surface area contributed by atoms with Gasteiger partial charge in [0.05, 0.1) is 40.3 Å². The zero-order chi connectivity index (χ0) is 59.1. The van der Waals surface area contributed by atoms with Gasteiger partial charge in [-0.15, -0.1) is 0 Å². The minimum atomic E-state index is -1.65. The normalized spacial score (nSPS) is 13.9. The van der Waals surface area contributed by atoms with Gasteiger partial charge in [-0.3, -0.25) is 9.59 Å². The van der Waals surface area contributed by atoms with Crippen LogP contribution in [-0.4, -0.2) is 82.3 Å². The molecule has 0 aliphatic rings. The summed E-state index contributed by atoms with van der Waals surface area (Å²) in [6.07, 6.45) is 88.4. The zero-order valence-corrected chi connectivity index (χ0v) is 51.6. The van der Waals surface area contributed by atoms with Crippen LogP contribution in [0.25, 0.3) is 0 Å². The number of quaternary nitrogens is 1. The molecule has 0 aliphatic carbocycles. The van der Waals surface area contributed by atoms with Gasteiger partial charge in [0.25, 0.3) is 0 Å². The van der Waals surface area contributed by atoms with Crippen LogP contribution < -0.4 is 5.11 Å². The number of hydrogen-bond donors (Lipinski definition) is 0. The van der Waals surface area contributed by atoms with Crippen molar-refractivity contribution in [1.29, 1.82) is 0 Å². The highest BCUT2D eigenvalue weighted by molar-refractivity contribution is 5.70. The summed E-state index contributed by atoms with van der Waals surface area (Å²) < 4.78 is 22.6. The van der Waals surface area contributed by atoms with E-state index >= 15 is 0 Å². The summed E-state index contributed by atoms with van der Waals surface area (Å²) in [4.78, 5) is 37.3. The van der Waals surface area contributed by atoms with E-state index in [4.69, 9.17) is 18.9 Å². The number of ether oxygens (including phenoxy) is 4. The zero-order valence-electron chi connectivity index (χ0n) is 51.6. The Kier molecular flexibility index (Phi) is 56.7. The number of carboxylic acid groups (broad SMARTS) is 1. The van der Waals surface area contributed by atoms with E-state index in [-0.39, 0.29) is 38.6 Å². The number of hydrogen-bond acceptors (Lipinski definition) is 8. The molecule has 0 saturated carbocycles. The van der Waals surface area contributed by atoms with Crippen molar-refractivity contribution in [2.24, 2.45) is 0 Å². The Hall–Kier alpha value is -5.35. The van der Waals surface area contributed by atoms with Crippen molar-refractivity contribution in [2.75, 3.05) is 47.5 Å². The van der Waals surface area contributed by atoms with E-state index in [0.717, 1.165) is 122 Å². The van der Waals surface area contributed by atoms with Crippen LogP contribution in [0.4, 0.5) is 0 Å². The molecule has 0 fully saturated rings. The van der Waals surface area contributed by atoms with Crippen LogP contribution in [0, 0.1) is 0 Å². The largest absolute Gasteiger partial charge is 0.545 e. The van der Waals surface area contributed by atoms with Gasteiger partial charge in [0.1, 0.15) is 13.2 Å². The molecule has 0 radical (unpaired) electrons. The third kappa shape index (κ3) is 62.1. The molecular formula is C72H113NO8. The molecule has 2 atom stereocenters. The summed E-state index contributed by atoms with van der Waals surface area (Å²) in [5.41, 5.74) is 0. The van der Waals surface area contributed by atoms with E-state index in [2.05, 4.69) is 184 Å². The Morgan fingerprint density at radius 3 is 1.07 bits per heavy atom. The lowest BCUT2D eigenvalue weighted by Gasteiger charge is -2.26. The average molecular weight is 1120 g/mol. The van der Waals surface area contributed by atoms with E-state index < -0.39 is 24.3 Å². The molecule has 0 aliphatic heterocycles. The fraction of sp³-hybridized carbons (Fsp3) is 0.569. The Labute approximate surface area is 495 Å². The molecule has 0 heterocycles. The highest BCUT2D eigenvalue weighted by Crippen LogP contribution is 2.13. The van der Waals surface area contributed by atoms with Gasteiger partial charge in [-0.25, -0.2) is 0 Å². The predicted octanol–water partition coefficient (Wildman–Crippen LogP) is 17.8. The molecule has 81 heavy (non-hydrogen) atoms. The molecule has 9 heteroatoms. The van der Waals surface area contributed by atoms with Crippen LogP contribution in [0.1, 0.15) is 206 Å².